The number of nitrogens with one attached hydrogen (secondary N) is 1. The largest absolute Gasteiger partial charge is 0.497 e. The van der Waals surface area contributed by atoms with Crippen LogP contribution in [-0.2, 0) is 0 Å². The van der Waals surface area contributed by atoms with Crippen LogP contribution >= 0.6 is 0 Å². The van der Waals surface area contributed by atoms with E-state index >= 15 is 0 Å². The summed E-state index contributed by atoms with van der Waals surface area (Å²) in [5.74, 6) is 1.24. The number of hydrogen-bond acceptors (Lipinski definition) is 8. The Balaban J connectivity index is 1.82. The van der Waals surface area contributed by atoms with Gasteiger partial charge in [0.1, 0.15) is 17.1 Å². The number of aromatic nitrogens is 2. The summed E-state index contributed by atoms with van der Waals surface area (Å²) in [5, 5.41) is 10.7. The van der Waals surface area contributed by atoms with Gasteiger partial charge >= 0.3 is 5.69 Å². The molecule has 10 nitrogen and oxygen atoms in total. The number of H-pyrrole nitrogens is 1. The van der Waals surface area contributed by atoms with Gasteiger partial charge in [-0.2, -0.15) is 0 Å². The first-order chi connectivity index (χ1) is 14.5. The molecule has 0 radical (unpaired) electrons. The van der Waals surface area contributed by atoms with E-state index < -0.39 is 17.1 Å². The highest BCUT2D eigenvalue weighted by Crippen LogP contribution is 2.35. The number of methoxy groups -OCH3 is 2. The number of aromatic hydroxyl groups is 1. The Morgan fingerprint density at radius 3 is 2.67 bits per heavy atom. The number of hydrogen-bond donors (Lipinski definition) is 2. The highest BCUT2D eigenvalue weighted by molar-refractivity contribution is 5.84. The van der Waals surface area contributed by atoms with Crippen molar-refractivity contribution < 1.29 is 24.1 Å². The predicted molar refractivity (Wildman–Crippen MR) is 107 cm³/mol. The zero-order chi connectivity index (χ0) is 21.3. The molecule has 1 aliphatic rings. The third kappa shape index (κ3) is 3.34. The van der Waals surface area contributed by atoms with E-state index in [2.05, 4.69) is 9.98 Å². The monoisotopic (exact) mass is 411 g/mol. The molecule has 0 aliphatic carbocycles. The average molecular weight is 411 g/mol. The van der Waals surface area contributed by atoms with Crippen LogP contribution in [0.15, 0.2) is 51.0 Å². The number of aliphatic imine (C=N–C) groups is 1. The molecular weight excluding hydrogens is 394 g/mol. The molecule has 30 heavy (non-hydrogen) atoms. The van der Waals surface area contributed by atoms with Gasteiger partial charge in [0.05, 0.1) is 25.6 Å². The van der Waals surface area contributed by atoms with Crippen LogP contribution in [0, 0.1) is 0 Å². The fraction of sp³-hybridized carbons (Fsp3) is 0.150. The second-order valence-corrected chi connectivity index (χ2v) is 6.17. The maximum absolute atomic E-state index is 12.5. The number of fused-ring (bicyclic) bond motifs is 1. The fourth-order valence-electron chi connectivity index (χ4n) is 2.95. The van der Waals surface area contributed by atoms with Crippen LogP contribution in [0.2, 0.25) is 0 Å². The van der Waals surface area contributed by atoms with Crippen LogP contribution in [0.25, 0.3) is 5.69 Å². The fourth-order valence-corrected chi connectivity index (χ4v) is 2.95. The molecule has 1 aliphatic heterocycles. The molecule has 1 aromatic heterocycles. The van der Waals surface area contributed by atoms with Crippen molar-refractivity contribution in [1.29, 1.82) is 0 Å². The van der Waals surface area contributed by atoms with Gasteiger partial charge in [0.2, 0.25) is 12.7 Å². The van der Waals surface area contributed by atoms with Crippen molar-refractivity contribution in [3.05, 3.63) is 62.8 Å². The molecule has 2 heterocycles. The van der Waals surface area contributed by atoms with E-state index in [1.54, 1.807) is 30.3 Å². The molecule has 2 aromatic carbocycles. The Labute approximate surface area is 169 Å². The van der Waals surface area contributed by atoms with Gasteiger partial charge < -0.3 is 24.1 Å². The van der Waals surface area contributed by atoms with Crippen molar-refractivity contribution in [1.82, 2.24) is 9.55 Å². The quantitative estimate of drug-likeness (QED) is 0.613. The lowest BCUT2D eigenvalue weighted by Gasteiger charge is -2.14. The van der Waals surface area contributed by atoms with Gasteiger partial charge in [0.25, 0.3) is 5.56 Å². The Bertz CT molecular complexity index is 1260. The first-order valence-electron chi connectivity index (χ1n) is 8.76. The SMILES string of the molecule is COc1ccc(OC)c(-n2c(O)c(C=Nc3ccc4c(c3)OCO4)c(=O)[nH]c2=O)c1. The van der Waals surface area contributed by atoms with E-state index in [4.69, 9.17) is 18.9 Å². The van der Waals surface area contributed by atoms with E-state index in [1.165, 1.54) is 20.3 Å². The van der Waals surface area contributed by atoms with Gasteiger partial charge in [0, 0.05) is 18.3 Å². The summed E-state index contributed by atoms with van der Waals surface area (Å²) in [6.07, 6.45) is 1.16. The van der Waals surface area contributed by atoms with Crippen LogP contribution in [0.4, 0.5) is 5.69 Å². The minimum atomic E-state index is -0.843. The molecule has 0 bridgehead atoms. The molecule has 0 amide bonds. The Kier molecular flexibility index (Phi) is 4.88. The molecule has 0 unspecified atom stereocenters. The summed E-state index contributed by atoms with van der Waals surface area (Å²) in [5.41, 5.74) is -1.19. The summed E-state index contributed by atoms with van der Waals surface area (Å²) in [7, 11) is 2.88. The molecule has 0 fully saturated rings. The number of ether oxygens (including phenoxy) is 4. The van der Waals surface area contributed by atoms with E-state index in [-0.39, 0.29) is 18.0 Å². The van der Waals surface area contributed by atoms with Gasteiger partial charge in [-0.3, -0.25) is 14.8 Å². The van der Waals surface area contributed by atoms with E-state index in [9.17, 15) is 14.7 Å². The van der Waals surface area contributed by atoms with Gasteiger partial charge in [-0.25, -0.2) is 9.36 Å². The van der Waals surface area contributed by atoms with Crippen molar-refractivity contribution in [3.63, 3.8) is 0 Å². The summed E-state index contributed by atoms with van der Waals surface area (Å²) in [4.78, 5) is 31.1. The van der Waals surface area contributed by atoms with Gasteiger partial charge in [-0.1, -0.05) is 0 Å². The van der Waals surface area contributed by atoms with E-state index in [0.29, 0.717) is 28.7 Å². The molecule has 0 spiro atoms. The molecule has 10 heteroatoms. The Hall–Kier alpha value is -4.21. The lowest BCUT2D eigenvalue weighted by molar-refractivity contribution is 0.174. The molecule has 4 rings (SSSR count). The highest BCUT2D eigenvalue weighted by atomic mass is 16.7. The molecule has 154 valence electrons. The summed E-state index contributed by atoms with van der Waals surface area (Å²) in [6, 6.07) is 9.68. The summed E-state index contributed by atoms with van der Waals surface area (Å²) in [6.45, 7) is 0.121. The predicted octanol–water partition coefficient (Wildman–Crippen LogP) is 1.73. The van der Waals surface area contributed by atoms with Gasteiger partial charge in [0.15, 0.2) is 11.5 Å². The third-order valence-electron chi connectivity index (χ3n) is 4.45. The zero-order valence-electron chi connectivity index (χ0n) is 16.0. The normalized spacial score (nSPS) is 12.3. The lowest BCUT2D eigenvalue weighted by atomic mass is 10.2. The number of benzene rings is 2. The third-order valence-corrected chi connectivity index (χ3v) is 4.45. The molecule has 2 N–H and O–H groups in total. The van der Waals surface area contributed by atoms with Crippen LogP contribution in [0.1, 0.15) is 5.56 Å². The smallest absolute Gasteiger partial charge is 0.335 e. The topological polar surface area (TPSA) is 124 Å². The second-order valence-electron chi connectivity index (χ2n) is 6.17. The standard InChI is InChI=1S/C20H17N3O7/c1-27-12-4-6-15(28-2)14(8-12)23-19(25)13(18(24)22-20(23)26)9-21-11-3-5-16-17(7-11)30-10-29-16/h3-9,25H,10H2,1-2H3,(H,22,24,26). The van der Waals surface area contributed by atoms with Gasteiger partial charge in [-0.05, 0) is 24.3 Å². The van der Waals surface area contributed by atoms with Crippen molar-refractivity contribution in [2.75, 3.05) is 21.0 Å². The average Bonchev–Trinajstić information content (AvgIpc) is 3.21. The number of nitrogens with zero attached hydrogens (tertiary/aromatic N) is 2. The van der Waals surface area contributed by atoms with E-state index in [1.807, 2.05) is 0 Å². The van der Waals surface area contributed by atoms with Crippen molar-refractivity contribution in [2.45, 2.75) is 0 Å². The zero-order valence-corrected chi connectivity index (χ0v) is 16.0. The summed E-state index contributed by atoms with van der Waals surface area (Å²) >= 11 is 0. The van der Waals surface area contributed by atoms with Gasteiger partial charge in [-0.15, -0.1) is 0 Å². The maximum atomic E-state index is 12.5. The molecule has 0 saturated carbocycles. The highest BCUT2D eigenvalue weighted by Gasteiger charge is 2.18. The lowest BCUT2D eigenvalue weighted by Crippen LogP contribution is -2.31. The molecule has 0 saturated heterocycles. The Morgan fingerprint density at radius 2 is 1.90 bits per heavy atom. The van der Waals surface area contributed by atoms with Crippen LogP contribution in [0.3, 0.4) is 0 Å². The van der Waals surface area contributed by atoms with Crippen molar-refractivity contribution in [3.8, 4) is 34.6 Å². The van der Waals surface area contributed by atoms with Crippen LogP contribution < -0.4 is 30.2 Å². The number of rotatable bonds is 5. The van der Waals surface area contributed by atoms with Crippen LogP contribution in [0.5, 0.6) is 28.9 Å². The van der Waals surface area contributed by atoms with E-state index in [0.717, 1.165) is 10.8 Å². The van der Waals surface area contributed by atoms with Crippen LogP contribution in [-0.4, -0.2) is 41.9 Å². The second kappa shape index (κ2) is 7.66. The molecular formula is C20H17N3O7. The summed E-state index contributed by atoms with van der Waals surface area (Å²) < 4.78 is 21.9. The minimum Gasteiger partial charge on any atom is -0.497 e. The Morgan fingerprint density at radius 1 is 1.10 bits per heavy atom. The first-order valence-corrected chi connectivity index (χ1v) is 8.76. The van der Waals surface area contributed by atoms with Crippen molar-refractivity contribution in [2.24, 2.45) is 4.99 Å². The molecule has 3 aromatic rings. The first kappa shape index (κ1) is 19.1. The van der Waals surface area contributed by atoms with Crippen molar-refractivity contribution >= 4 is 11.9 Å². The molecule has 0 atom stereocenters. The maximum Gasteiger partial charge on any atom is 0.335 e. The minimum absolute atomic E-state index is 0.121. The number of aromatic amines is 1.